The Labute approximate surface area is 85.3 Å². The Morgan fingerprint density at radius 1 is 1.29 bits per heavy atom. The molecule has 2 rings (SSSR count). The van der Waals surface area contributed by atoms with Crippen LogP contribution >= 0.6 is 0 Å². The summed E-state index contributed by atoms with van der Waals surface area (Å²) < 4.78 is 0. The molecule has 2 nitrogen and oxygen atoms in total. The first kappa shape index (κ1) is 9.50. The molecule has 1 saturated heterocycles. The minimum absolute atomic E-state index is 0.182. The van der Waals surface area contributed by atoms with Gasteiger partial charge >= 0.3 is 0 Å². The van der Waals surface area contributed by atoms with Gasteiger partial charge in [-0.25, -0.2) is 0 Å². The SMILES string of the molecule is C/C=C/C(=O)N1C[C@H]2CC=CC[C@H]2C1. The van der Waals surface area contributed by atoms with Crippen LogP contribution in [-0.4, -0.2) is 23.9 Å². The van der Waals surface area contributed by atoms with Gasteiger partial charge in [-0.05, 0) is 37.7 Å². The van der Waals surface area contributed by atoms with Crippen LogP contribution in [0.1, 0.15) is 19.8 Å². The second-order valence-corrected chi connectivity index (χ2v) is 4.21. The Kier molecular flexibility index (Phi) is 2.71. The fourth-order valence-electron chi connectivity index (χ4n) is 2.44. The minimum Gasteiger partial charge on any atom is -0.339 e. The molecule has 0 aromatic heterocycles. The third-order valence-electron chi connectivity index (χ3n) is 3.24. The molecule has 0 unspecified atom stereocenters. The van der Waals surface area contributed by atoms with Crippen LogP contribution in [-0.2, 0) is 4.79 Å². The van der Waals surface area contributed by atoms with Crippen LogP contribution in [0.5, 0.6) is 0 Å². The highest BCUT2D eigenvalue weighted by atomic mass is 16.2. The summed E-state index contributed by atoms with van der Waals surface area (Å²) in [4.78, 5) is 13.6. The van der Waals surface area contributed by atoms with Gasteiger partial charge in [-0.3, -0.25) is 4.79 Å². The third-order valence-corrected chi connectivity index (χ3v) is 3.24. The van der Waals surface area contributed by atoms with E-state index in [2.05, 4.69) is 12.2 Å². The van der Waals surface area contributed by atoms with E-state index in [1.165, 1.54) is 0 Å². The van der Waals surface area contributed by atoms with E-state index in [0.29, 0.717) is 11.8 Å². The number of hydrogen-bond donors (Lipinski definition) is 0. The first-order valence-electron chi connectivity index (χ1n) is 5.38. The number of rotatable bonds is 1. The molecule has 0 saturated carbocycles. The van der Waals surface area contributed by atoms with Crippen LogP contribution in [0.3, 0.4) is 0 Å². The quantitative estimate of drug-likeness (QED) is 0.458. The Morgan fingerprint density at radius 3 is 2.36 bits per heavy atom. The van der Waals surface area contributed by atoms with Gasteiger partial charge in [-0.1, -0.05) is 18.2 Å². The lowest BCUT2D eigenvalue weighted by Gasteiger charge is -2.17. The molecule has 0 N–H and O–H groups in total. The van der Waals surface area contributed by atoms with Gasteiger partial charge in [0.2, 0.25) is 5.91 Å². The summed E-state index contributed by atoms with van der Waals surface area (Å²) in [5.74, 6) is 1.62. The van der Waals surface area contributed by atoms with Crippen LogP contribution in [0.25, 0.3) is 0 Å². The maximum absolute atomic E-state index is 11.6. The number of hydrogen-bond acceptors (Lipinski definition) is 1. The van der Waals surface area contributed by atoms with Crippen molar-refractivity contribution in [2.75, 3.05) is 13.1 Å². The zero-order valence-corrected chi connectivity index (χ0v) is 8.65. The van der Waals surface area contributed by atoms with Crippen molar-refractivity contribution < 1.29 is 4.79 Å². The molecule has 76 valence electrons. The molecule has 1 heterocycles. The first-order chi connectivity index (χ1) is 6.81. The number of carbonyl (C=O) groups is 1. The Hall–Kier alpha value is -1.05. The lowest BCUT2D eigenvalue weighted by molar-refractivity contribution is -0.125. The highest BCUT2D eigenvalue weighted by Crippen LogP contribution is 2.32. The smallest absolute Gasteiger partial charge is 0.246 e. The molecular weight excluding hydrogens is 174 g/mol. The highest BCUT2D eigenvalue weighted by molar-refractivity contribution is 5.87. The summed E-state index contributed by atoms with van der Waals surface area (Å²) in [6.45, 7) is 3.80. The maximum Gasteiger partial charge on any atom is 0.246 e. The first-order valence-corrected chi connectivity index (χ1v) is 5.38. The molecule has 0 spiro atoms. The monoisotopic (exact) mass is 191 g/mol. The van der Waals surface area contributed by atoms with Gasteiger partial charge in [0.05, 0.1) is 0 Å². The molecule has 1 amide bonds. The summed E-state index contributed by atoms with van der Waals surface area (Å²) >= 11 is 0. The number of amides is 1. The Balaban J connectivity index is 1.98. The minimum atomic E-state index is 0.182. The summed E-state index contributed by atoms with van der Waals surface area (Å²) in [6, 6.07) is 0. The summed E-state index contributed by atoms with van der Waals surface area (Å²) in [5.41, 5.74) is 0. The number of fused-ring (bicyclic) bond motifs is 1. The molecule has 0 radical (unpaired) electrons. The van der Waals surface area contributed by atoms with Crippen LogP contribution < -0.4 is 0 Å². The summed E-state index contributed by atoms with van der Waals surface area (Å²) in [7, 11) is 0. The summed E-state index contributed by atoms with van der Waals surface area (Å²) in [5, 5.41) is 0. The molecule has 0 bridgehead atoms. The fourth-order valence-corrected chi connectivity index (χ4v) is 2.44. The zero-order chi connectivity index (χ0) is 9.97. The van der Waals surface area contributed by atoms with Crippen molar-refractivity contribution in [3.63, 3.8) is 0 Å². The average molecular weight is 191 g/mol. The van der Waals surface area contributed by atoms with Crippen LogP contribution in [0, 0.1) is 11.8 Å². The van der Waals surface area contributed by atoms with E-state index in [1.807, 2.05) is 17.9 Å². The predicted octanol–water partition coefficient (Wildman–Crippen LogP) is 1.99. The lowest BCUT2D eigenvalue weighted by atomic mass is 9.86. The molecule has 1 aliphatic heterocycles. The van der Waals surface area contributed by atoms with E-state index in [4.69, 9.17) is 0 Å². The molecule has 0 aromatic rings. The van der Waals surface area contributed by atoms with E-state index in [0.717, 1.165) is 25.9 Å². The molecule has 1 aliphatic carbocycles. The summed E-state index contributed by atoms with van der Waals surface area (Å²) in [6.07, 6.45) is 10.3. The van der Waals surface area contributed by atoms with Crippen LogP contribution in [0.2, 0.25) is 0 Å². The predicted molar refractivity (Wildman–Crippen MR) is 56.7 cm³/mol. The van der Waals surface area contributed by atoms with Crippen molar-refractivity contribution in [3.05, 3.63) is 24.3 Å². The number of likely N-dealkylation sites (tertiary alicyclic amines) is 1. The Morgan fingerprint density at radius 2 is 1.86 bits per heavy atom. The van der Waals surface area contributed by atoms with Gasteiger partial charge in [-0.2, -0.15) is 0 Å². The number of allylic oxidation sites excluding steroid dienone is 3. The molecule has 14 heavy (non-hydrogen) atoms. The standard InChI is InChI=1S/C12H17NO/c1-2-5-12(14)13-8-10-6-3-4-7-11(10)9-13/h2-5,10-11H,6-9H2,1H3/b5-2+/t10-,11+. The molecule has 0 aromatic carbocycles. The second-order valence-electron chi connectivity index (χ2n) is 4.21. The van der Waals surface area contributed by atoms with E-state index in [9.17, 15) is 4.79 Å². The van der Waals surface area contributed by atoms with E-state index in [-0.39, 0.29) is 5.91 Å². The molecule has 2 heteroatoms. The van der Waals surface area contributed by atoms with Crippen molar-refractivity contribution in [1.29, 1.82) is 0 Å². The molecule has 2 aliphatic rings. The molecular formula is C12H17NO. The van der Waals surface area contributed by atoms with Crippen LogP contribution in [0.4, 0.5) is 0 Å². The maximum atomic E-state index is 11.6. The fraction of sp³-hybridized carbons (Fsp3) is 0.583. The number of nitrogens with zero attached hydrogens (tertiary/aromatic N) is 1. The topological polar surface area (TPSA) is 20.3 Å². The zero-order valence-electron chi connectivity index (χ0n) is 8.65. The van der Waals surface area contributed by atoms with Gasteiger partial charge < -0.3 is 4.90 Å². The number of carbonyl (C=O) groups excluding carboxylic acids is 1. The second kappa shape index (κ2) is 3.99. The molecule has 2 atom stereocenters. The normalized spacial score (nSPS) is 31.1. The van der Waals surface area contributed by atoms with E-state index in [1.54, 1.807) is 6.08 Å². The van der Waals surface area contributed by atoms with Gasteiger partial charge in [-0.15, -0.1) is 0 Å². The van der Waals surface area contributed by atoms with Gasteiger partial charge in [0.1, 0.15) is 0 Å². The van der Waals surface area contributed by atoms with Crippen molar-refractivity contribution in [2.24, 2.45) is 11.8 Å². The van der Waals surface area contributed by atoms with Crippen molar-refractivity contribution >= 4 is 5.91 Å². The average Bonchev–Trinajstić information content (AvgIpc) is 2.61. The van der Waals surface area contributed by atoms with Crippen LogP contribution in [0.15, 0.2) is 24.3 Å². The molecule has 1 fully saturated rings. The van der Waals surface area contributed by atoms with Crippen molar-refractivity contribution in [3.8, 4) is 0 Å². The van der Waals surface area contributed by atoms with Crippen molar-refractivity contribution in [2.45, 2.75) is 19.8 Å². The van der Waals surface area contributed by atoms with Gasteiger partial charge in [0.15, 0.2) is 0 Å². The Bertz CT molecular complexity index is 264. The largest absolute Gasteiger partial charge is 0.339 e. The van der Waals surface area contributed by atoms with E-state index >= 15 is 0 Å². The van der Waals surface area contributed by atoms with E-state index < -0.39 is 0 Å². The lowest BCUT2D eigenvalue weighted by Crippen LogP contribution is -2.27. The highest BCUT2D eigenvalue weighted by Gasteiger charge is 2.34. The van der Waals surface area contributed by atoms with Crippen molar-refractivity contribution in [1.82, 2.24) is 4.90 Å². The van der Waals surface area contributed by atoms with Gasteiger partial charge in [0, 0.05) is 13.1 Å². The van der Waals surface area contributed by atoms with Gasteiger partial charge in [0.25, 0.3) is 0 Å². The third kappa shape index (κ3) is 1.74.